The van der Waals surface area contributed by atoms with Crippen molar-refractivity contribution in [3.05, 3.63) is 58.9 Å². The minimum Gasteiger partial charge on any atom is -0.352 e. The second-order valence-corrected chi connectivity index (χ2v) is 7.41. The molecule has 1 amide bonds. The zero-order chi connectivity index (χ0) is 17.4. The number of carbonyl (C=O) groups excluding carboxylic acids is 1. The molecule has 128 valence electrons. The number of fused-ring (bicyclic) bond motifs is 1. The lowest BCUT2D eigenvalue weighted by molar-refractivity contribution is -0.125. The molecule has 0 bridgehead atoms. The Balaban J connectivity index is 1.35. The maximum absolute atomic E-state index is 13.7. The predicted octanol–water partition coefficient (Wildman–Crippen LogP) is 3.84. The number of para-hydroxylation sites is 1. The summed E-state index contributed by atoms with van der Waals surface area (Å²) in [6.45, 7) is 1.60. The van der Waals surface area contributed by atoms with Gasteiger partial charge in [-0.2, -0.15) is 0 Å². The normalized spacial score (nSPS) is 14.6. The summed E-state index contributed by atoms with van der Waals surface area (Å²) in [6.07, 6.45) is 0. The second-order valence-electron chi connectivity index (χ2n) is 5.99. The summed E-state index contributed by atoms with van der Waals surface area (Å²) < 4.78 is 14.6. The van der Waals surface area contributed by atoms with Crippen molar-refractivity contribution < 1.29 is 9.18 Å². The summed E-state index contributed by atoms with van der Waals surface area (Å²) >= 11 is 7.54. The van der Waals surface area contributed by atoms with E-state index in [1.54, 1.807) is 12.1 Å². The molecule has 1 aliphatic rings. The van der Waals surface area contributed by atoms with E-state index < -0.39 is 0 Å². The first-order chi connectivity index (χ1) is 12.1. The monoisotopic (exact) mass is 375 g/mol. The van der Waals surface area contributed by atoms with Crippen molar-refractivity contribution in [3.63, 3.8) is 0 Å². The van der Waals surface area contributed by atoms with Crippen LogP contribution in [0.3, 0.4) is 0 Å². The lowest BCUT2D eigenvalue weighted by Gasteiger charge is -2.37. The molecule has 1 N–H and O–H groups in total. The first kappa shape index (κ1) is 16.3. The van der Waals surface area contributed by atoms with E-state index in [9.17, 15) is 9.18 Å². The first-order valence-electron chi connectivity index (χ1n) is 7.93. The van der Waals surface area contributed by atoms with Crippen molar-refractivity contribution in [2.75, 3.05) is 18.0 Å². The van der Waals surface area contributed by atoms with Crippen LogP contribution in [0.1, 0.15) is 5.56 Å². The molecule has 3 aromatic rings. The van der Waals surface area contributed by atoms with Crippen molar-refractivity contribution in [2.24, 2.45) is 5.92 Å². The fraction of sp³-hybridized carbons (Fsp3) is 0.222. The number of hydrogen-bond acceptors (Lipinski definition) is 4. The number of hydrogen-bond donors (Lipinski definition) is 1. The topological polar surface area (TPSA) is 45.2 Å². The van der Waals surface area contributed by atoms with Crippen molar-refractivity contribution in [2.45, 2.75) is 6.54 Å². The third-order valence-electron chi connectivity index (χ3n) is 4.29. The SMILES string of the molecule is O=C(NCc1ccccc1Cl)C1CN(c2nc3c(F)cccc3s2)C1. The van der Waals surface area contributed by atoms with E-state index in [0.29, 0.717) is 30.2 Å². The molecule has 2 heterocycles. The van der Waals surface area contributed by atoms with Gasteiger partial charge in [0, 0.05) is 24.7 Å². The molecule has 0 aliphatic carbocycles. The largest absolute Gasteiger partial charge is 0.352 e. The summed E-state index contributed by atoms with van der Waals surface area (Å²) in [4.78, 5) is 18.6. The van der Waals surface area contributed by atoms with Gasteiger partial charge in [0.2, 0.25) is 5.91 Å². The van der Waals surface area contributed by atoms with Crippen molar-refractivity contribution >= 4 is 44.2 Å². The third-order valence-corrected chi connectivity index (χ3v) is 5.74. The summed E-state index contributed by atoms with van der Waals surface area (Å²) in [6, 6.07) is 12.4. The molecule has 0 unspecified atom stereocenters. The van der Waals surface area contributed by atoms with Crippen molar-refractivity contribution in [3.8, 4) is 0 Å². The summed E-state index contributed by atoms with van der Waals surface area (Å²) in [5.41, 5.74) is 1.30. The van der Waals surface area contributed by atoms with Gasteiger partial charge in [0.05, 0.1) is 10.6 Å². The molecule has 1 aliphatic heterocycles. The van der Waals surface area contributed by atoms with Crippen LogP contribution in [0.15, 0.2) is 42.5 Å². The number of halogens is 2. The molecule has 0 atom stereocenters. The quantitative estimate of drug-likeness (QED) is 0.753. The number of nitrogens with zero attached hydrogens (tertiary/aromatic N) is 2. The van der Waals surface area contributed by atoms with Gasteiger partial charge in [-0.1, -0.05) is 47.2 Å². The third kappa shape index (κ3) is 3.19. The van der Waals surface area contributed by atoms with Crippen LogP contribution in [0.5, 0.6) is 0 Å². The average molecular weight is 376 g/mol. The molecule has 7 heteroatoms. The Hall–Kier alpha value is -2.18. The molecule has 25 heavy (non-hydrogen) atoms. The molecule has 0 radical (unpaired) electrons. The summed E-state index contributed by atoms with van der Waals surface area (Å²) in [7, 11) is 0. The lowest BCUT2D eigenvalue weighted by Crippen LogP contribution is -2.53. The number of anilines is 1. The van der Waals surface area contributed by atoms with Gasteiger partial charge in [-0.15, -0.1) is 0 Å². The number of rotatable bonds is 4. The number of benzene rings is 2. The summed E-state index contributed by atoms with van der Waals surface area (Å²) in [5, 5.41) is 4.33. The maximum atomic E-state index is 13.7. The Morgan fingerprint density at radius 1 is 1.28 bits per heavy atom. The molecule has 0 saturated carbocycles. The molecule has 1 fully saturated rings. The number of aromatic nitrogens is 1. The van der Waals surface area contributed by atoms with Gasteiger partial charge in [0.25, 0.3) is 0 Å². The number of thiazole rings is 1. The molecule has 0 spiro atoms. The molecule has 1 saturated heterocycles. The number of amides is 1. The Morgan fingerprint density at radius 2 is 2.08 bits per heavy atom. The van der Waals surface area contributed by atoms with E-state index in [-0.39, 0.29) is 17.6 Å². The first-order valence-corrected chi connectivity index (χ1v) is 9.12. The number of carbonyl (C=O) groups is 1. The van der Waals surface area contributed by atoms with Crippen LogP contribution in [-0.2, 0) is 11.3 Å². The van der Waals surface area contributed by atoms with Gasteiger partial charge < -0.3 is 10.2 Å². The van der Waals surface area contributed by atoms with E-state index >= 15 is 0 Å². The van der Waals surface area contributed by atoms with E-state index in [1.807, 2.05) is 29.2 Å². The Bertz CT molecular complexity index is 939. The highest BCUT2D eigenvalue weighted by Gasteiger charge is 2.34. The maximum Gasteiger partial charge on any atom is 0.226 e. The van der Waals surface area contributed by atoms with Gasteiger partial charge in [-0.05, 0) is 23.8 Å². The fourth-order valence-electron chi connectivity index (χ4n) is 2.81. The van der Waals surface area contributed by atoms with Crippen LogP contribution in [0, 0.1) is 11.7 Å². The number of nitrogens with one attached hydrogen (secondary N) is 1. The van der Waals surface area contributed by atoms with Crippen LogP contribution in [0.4, 0.5) is 9.52 Å². The average Bonchev–Trinajstić information content (AvgIpc) is 2.98. The minimum absolute atomic E-state index is 0.00320. The van der Waals surface area contributed by atoms with Crippen LogP contribution >= 0.6 is 22.9 Å². The van der Waals surface area contributed by atoms with Gasteiger partial charge in [-0.3, -0.25) is 4.79 Å². The molecule has 1 aromatic heterocycles. The van der Waals surface area contributed by atoms with Crippen LogP contribution in [0.2, 0.25) is 5.02 Å². The van der Waals surface area contributed by atoms with E-state index in [4.69, 9.17) is 11.6 Å². The van der Waals surface area contributed by atoms with Crippen LogP contribution in [0.25, 0.3) is 10.2 Å². The van der Waals surface area contributed by atoms with Gasteiger partial charge in [0.1, 0.15) is 11.3 Å². The van der Waals surface area contributed by atoms with Crippen molar-refractivity contribution in [1.82, 2.24) is 10.3 Å². The zero-order valence-electron chi connectivity index (χ0n) is 13.2. The molecule has 2 aromatic carbocycles. The highest BCUT2D eigenvalue weighted by Crippen LogP contribution is 2.33. The zero-order valence-corrected chi connectivity index (χ0v) is 14.8. The fourth-order valence-corrected chi connectivity index (χ4v) is 4.01. The van der Waals surface area contributed by atoms with Crippen LogP contribution in [-0.4, -0.2) is 24.0 Å². The van der Waals surface area contributed by atoms with E-state index in [2.05, 4.69) is 10.3 Å². The van der Waals surface area contributed by atoms with E-state index in [1.165, 1.54) is 17.4 Å². The smallest absolute Gasteiger partial charge is 0.226 e. The van der Waals surface area contributed by atoms with Crippen molar-refractivity contribution in [1.29, 1.82) is 0 Å². The minimum atomic E-state index is -0.311. The highest BCUT2D eigenvalue weighted by molar-refractivity contribution is 7.22. The standard InChI is InChI=1S/C18H15ClFN3OS/c19-13-5-2-1-4-11(13)8-21-17(24)12-9-23(10-12)18-22-16-14(20)6-3-7-15(16)25-18/h1-7,12H,8-10H2,(H,21,24). The van der Waals surface area contributed by atoms with Gasteiger partial charge in [0.15, 0.2) is 5.13 Å². The second kappa shape index (κ2) is 6.61. The van der Waals surface area contributed by atoms with Gasteiger partial charge >= 0.3 is 0 Å². The molecular formula is C18H15ClFN3OS. The van der Waals surface area contributed by atoms with E-state index in [0.717, 1.165) is 15.4 Å². The van der Waals surface area contributed by atoms with Gasteiger partial charge in [-0.25, -0.2) is 9.37 Å². The summed E-state index contributed by atoms with van der Waals surface area (Å²) in [5.74, 6) is -0.391. The van der Waals surface area contributed by atoms with Crippen LogP contribution < -0.4 is 10.2 Å². The Labute approximate surface area is 153 Å². The molecular weight excluding hydrogens is 361 g/mol. The molecule has 4 rings (SSSR count). The lowest BCUT2D eigenvalue weighted by atomic mass is 10.00. The Kier molecular flexibility index (Phi) is 4.31. The Morgan fingerprint density at radius 3 is 2.84 bits per heavy atom. The highest BCUT2D eigenvalue weighted by atomic mass is 35.5. The molecule has 4 nitrogen and oxygen atoms in total. The predicted molar refractivity (Wildman–Crippen MR) is 98.6 cm³/mol.